The second-order valence-corrected chi connectivity index (χ2v) is 4.40. The minimum Gasteiger partial charge on any atom is -0.411 e. The van der Waals surface area contributed by atoms with Crippen LogP contribution in [0.15, 0.2) is 35.7 Å². The van der Waals surface area contributed by atoms with Crippen molar-refractivity contribution >= 4 is 23.6 Å². The lowest BCUT2D eigenvalue weighted by atomic mass is 10.1. The molecule has 0 aliphatic heterocycles. The number of rotatable bonds is 5. The Morgan fingerprint density at radius 2 is 1.95 bits per heavy atom. The summed E-state index contributed by atoms with van der Waals surface area (Å²) in [6, 6.07) is 7.91. The van der Waals surface area contributed by atoms with Gasteiger partial charge in [-0.1, -0.05) is 41.0 Å². The molecule has 6 nitrogen and oxygen atoms in total. The van der Waals surface area contributed by atoms with E-state index in [1.807, 2.05) is 24.3 Å². The summed E-state index contributed by atoms with van der Waals surface area (Å²) in [4.78, 5) is 7.91. The highest BCUT2D eigenvalue weighted by Crippen LogP contribution is 2.18. The van der Waals surface area contributed by atoms with Crippen LogP contribution in [-0.4, -0.2) is 21.4 Å². The average molecular weight is 292 g/mol. The van der Waals surface area contributed by atoms with Gasteiger partial charge in [0.05, 0.1) is 11.8 Å². The number of benzene rings is 1. The SMILES string of the molecule is NCc1ccc(CNc2ncnc(Cl)c2/C=N/O)cc1. The van der Waals surface area contributed by atoms with Crippen molar-refractivity contribution in [1.82, 2.24) is 9.97 Å². The van der Waals surface area contributed by atoms with E-state index in [-0.39, 0.29) is 5.15 Å². The molecular weight excluding hydrogens is 278 g/mol. The molecule has 0 saturated heterocycles. The van der Waals surface area contributed by atoms with Gasteiger partial charge in [0, 0.05) is 13.1 Å². The standard InChI is InChI=1S/C13H14ClN5O/c14-12-11(7-19-20)13(18-8-17-12)16-6-10-3-1-9(5-15)2-4-10/h1-4,7-8,20H,5-6,15H2,(H,16,17,18)/b19-7+. The van der Waals surface area contributed by atoms with E-state index in [9.17, 15) is 0 Å². The van der Waals surface area contributed by atoms with Gasteiger partial charge in [-0.05, 0) is 11.1 Å². The summed E-state index contributed by atoms with van der Waals surface area (Å²) in [5.74, 6) is 0.505. The van der Waals surface area contributed by atoms with Crippen LogP contribution in [0.1, 0.15) is 16.7 Å². The molecule has 0 amide bonds. The van der Waals surface area contributed by atoms with Crippen molar-refractivity contribution in [2.24, 2.45) is 10.9 Å². The number of halogens is 1. The maximum Gasteiger partial charge on any atom is 0.143 e. The molecule has 20 heavy (non-hydrogen) atoms. The highest BCUT2D eigenvalue weighted by molar-refractivity contribution is 6.32. The van der Waals surface area contributed by atoms with Gasteiger partial charge in [0.2, 0.25) is 0 Å². The molecule has 104 valence electrons. The van der Waals surface area contributed by atoms with Gasteiger partial charge < -0.3 is 16.3 Å². The van der Waals surface area contributed by atoms with Crippen LogP contribution in [0.2, 0.25) is 5.15 Å². The van der Waals surface area contributed by atoms with E-state index < -0.39 is 0 Å². The summed E-state index contributed by atoms with van der Waals surface area (Å²) in [7, 11) is 0. The maximum absolute atomic E-state index is 8.63. The molecule has 0 aliphatic rings. The molecule has 0 radical (unpaired) electrons. The third-order valence-corrected chi connectivity index (χ3v) is 3.04. The molecule has 0 saturated carbocycles. The molecule has 0 bridgehead atoms. The normalized spacial score (nSPS) is 10.9. The largest absolute Gasteiger partial charge is 0.411 e. The molecule has 0 fully saturated rings. The topological polar surface area (TPSA) is 96.4 Å². The van der Waals surface area contributed by atoms with Crippen molar-refractivity contribution in [3.05, 3.63) is 52.4 Å². The van der Waals surface area contributed by atoms with Gasteiger partial charge in [0.1, 0.15) is 17.3 Å². The van der Waals surface area contributed by atoms with Crippen LogP contribution in [0, 0.1) is 0 Å². The molecule has 0 spiro atoms. The Hall–Kier alpha value is -2.18. The van der Waals surface area contributed by atoms with Gasteiger partial charge in [-0.25, -0.2) is 9.97 Å². The quantitative estimate of drug-likeness (QED) is 0.339. The predicted octanol–water partition coefficient (Wildman–Crippen LogP) is 2.01. The molecule has 4 N–H and O–H groups in total. The van der Waals surface area contributed by atoms with E-state index >= 15 is 0 Å². The highest BCUT2D eigenvalue weighted by Gasteiger charge is 2.07. The number of aromatic nitrogens is 2. The first-order valence-corrected chi connectivity index (χ1v) is 6.32. The van der Waals surface area contributed by atoms with E-state index in [0.29, 0.717) is 24.5 Å². The summed E-state index contributed by atoms with van der Waals surface area (Å²) >= 11 is 5.92. The predicted molar refractivity (Wildman–Crippen MR) is 78.1 cm³/mol. The Labute approximate surface area is 121 Å². The lowest BCUT2D eigenvalue weighted by molar-refractivity contribution is 0.322. The first-order chi connectivity index (χ1) is 9.74. The Morgan fingerprint density at radius 3 is 2.60 bits per heavy atom. The second kappa shape index (κ2) is 6.83. The number of hydrogen-bond donors (Lipinski definition) is 3. The van der Waals surface area contributed by atoms with Crippen LogP contribution >= 0.6 is 11.6 Å². The molecule has 0 atom stereocenters. The zero-order valence-electron chi connectivity index (χ0n) is 10.6. The van der Waals surface area contributed by atoms with Crippen LogP contribution in [0.3, 0.4) is 0 Å². The van der Waals surface area contributed by atoms with Crippen molar-refractivity contribution in [2.45, 2.75) is 13.1 Å². The van der Waals surface area contributed by atoms with Gasteiger partial charge in [-0.3, -0.25) is 0 Å². The zero-order chi connectivity index (χ0) is 14.4. The summed E-state index contributed by atoms with van der Waals surface area (Å²) in [5, 5.41) is 14.9. The fraction of sp³-hybridized carbons (Fsp3) is 0.154. The molecule has 1 heterocycles. The smallest absolute Gasteiger partial charge is 0.143 e. The van der Waals surface area contributed by atoms with E-state index in [0.717, 1.165) is 11.1 Å². The second-order valence-electron chi connectivity index (χ2n) is 4.05. The van der Waals surface area contributed by atoms with Crippen LogP contribution in [-0.2, 0) is 13.1 Å². The summed E-state index contributed by atoms with van der Waals surface area (Å²) in [6.45, 7) is 1.08. The Balaban J connectivity index is 2.12. The average Bonchev–Trinajstić information content (AvgIpc) is 2.48. The van der Waals surface area contributed by atoms with Gasteiger partial charge >= 0.3 is 0 Å². The third kappa shape index (κ3) is 3.43. The lowest BCUT2D eigenvalue weighted by Gasteiger charge is -2.09. The Morgan fingerprint density at radius 1 is 1.25 bits per heavy atom. The van der Waals surface area contributed by atoms with E-state index in [2.05, 4.69) is 20.4 Å². The molecular formula is C13H14ClN5O. The minimum atomic E-state index is 0.221. The van der Waals surface area contributed by atoms with E-state index in [4.69, 9.17) is 22.5 Å². The monoisotopic (exact) mass is 291 g/mol. The first kappa shape index (κ1) is 14.2. The molecule has 7 heteroatoms. The van der Waals surface area contributed by atoms with Crippen molar-refractivity contribution in [3.8, 4) is 0 Å². The molecule has 1 aromatic heterocycles. The van der Waals surface area contributed by atoms with Gasteiger partial charge in [-0.2, -0.15) is 0 Å². The summed E-state index contributed by atoms with van der Waals surface area (Å²) in [5.41, 5.74) is 8.14. The lowest BCUT2D eigenvalue weighted by Crippen LogP contribution is -2.06. The maximum atomic E-state index is 8.63. The number of oxime groups is 1. The van der Waals surface area contributed by atoms with Crippen molar-refractivity contribution in [1.29, 1.82) is 0 Å². The summed E-state index contributed by atoms with van der Waals surface area (Å²) < 4.78 is 0. The van der Waals surface area contributed by atoms with Crippen LogP contribution in [0.4, 0.5) is 5.82 Å². The van der Waals surface area contributed by atoms with Crippen molar-refractivity contribution in [2.75, 3.05) is 5.32 Å². The summed E-state index contributed by atoms with van der Waals surface area (Å²) in [6.07, 6.45) is 2.54. The Kier molecular flexibility index (Phi) is 4.86. The molecule has 0 unspecified atom stereocenters. The van der Waals surface area contributed by atoms with Crippen molar-refractivity contribution in [3.63, 3.8) is 0 Å². The number of nitrogens with one attached hydrogen (secondary N) is 1. The molecule has 1 aromatic carbocycles. The van der Waals surface area contributed by atoms with Gasteiger partial charge in [-0.15, -0.1) is 0 Å². The van der Waals surface area contributed by atoms with E-state index in [1.165, 1.54) is 12.5 Å². The Bertz CT molecular complexity index is 600. The number of anilines is 1. The molecule has 2 rings (SSSR count). The van der Waals surface area contributed by atoms with Gasteiger partial charge in [0.15, 0.2) is 0 Å². The molecule has 2 aromatic rings. The third-order valence-electron chi connectivity index (χ3n) is 2.74. The van der Waals surface area contributed by atoms with Crippen molar-refractivity contribution < 1.29 is 5.21 Å². The van der Waals surface area contributed by atoms with Crippen LogP contribution in [0.5, 0.6) is 0 Å². The van der Waals surface area contributed by atoms with Gasteiger partial charge in [0.25, 0.3) is 0 Å². The molecule has 0 aliphatic carbocycles. The first-order valence-electron chi connectivity index (χ1n) is 5.94. The fourth-order valence-corrected chi connectivity index (χ4v) is 1.85. The van der Waals surface area contributed by atoms with Crippen LogP contribution < -0.4 is 11.1 Å². The number of nitrogens with two attached hydrogens (primary N) is 1. The number of hydrogen-bond acceptors (Lipinski definition) is 6. The van der Waals surface area contributed by atoms with E-state index in [1.54, 1.807) is 0 Å². The number of nitrogens with zero attached hydrogens (tertiary/aromatic N) is 3. The fourth-order valence-electron chi connectivity index (χ4n) is 1.67. The minimum absolute atomic E-state index is 0.221. The highest BCUT2D eigenvalue weighted by atomic mass is 35.5. The zero-order valence-corrected chi connectivity index (χ0v) is 11.4. The van der Waals surface area contributed by atoms with Crippen LogP contribution in [0.25, 0.3) is 0 Å².